The maximum Gasteiger partial charge on any atom is 0.146 e. The Hall–Kier alpha value is -2.63. The normalized spacial score (nSPS) is 16.4. The van der Waals surface area contributed by atoms with Crippen molar-refractivity contribution in [1.29, 1.82) is 0 Å². The molecule has 4 aromatic rings. The van der Waals surface area contributed by atoms with E-state index >= 15 is 0 Å². The highest BCUT2D eigenvalue weighted by molar-refractivity contribution is 7.10. The maximum absolute atomic E-state index is 14.2. The Morgan fingerprint density at radius 1 is 0.931 bits per heavy atom. The van der Waals surface area contributed by atoms with Gasteiger partial charge in [0.2, 0.25) is 0 Å². The zero-order valence-electron chi connectivity index (χ0n) is 16.4. The number of aryl methyl sites for hydroxylation is 1. The molecule has 1 saturated heterocycles. The molecule has 0 spiro atoms. The van der Waals surface area contributed by atoms with E-state index in [2.05, 4.69) is 63.5 Å². The van der Waals surface area contributed by atoms with Crippen molar-refractivity contribution in [1.82, 2.24) is 9.88 Å². The smallest absolute Gasteiger partial charge is 0.146 e. The summed E-state index contributed by atoms with van der Waals surface area (Å²) in [4.78, 5) is 9.64. The molecule has 2 aromatic heterocycles. The van der Waals surface area contributed by atoms with Gasteiger partial charge in [-0.05, 0) is 36.6 Å². The second-order valence-corrected chi connectivity index (χ2v) is 8.58. The summed E-state index contributed by atoms with van der Waals surface area (Å²) in [6.07, 6.45) is 0. The van der Waals surface area contributed by atoms with Gasteiger partial charge in [-0.1, -0.05) is 36.4 Å². The molecule has 5 heteroatoms. The molecule has 1 fully saturated rings. The first-order valence-corrected chi connectivity index (χ1v) is 10.9. The van der Waals surface area contributed by atoms with E-state index in [1.165, 1.54) is 27.0 Å². The Kier molecular flexibility index (Phi) is 4.86. The van der Waals surface area contributed by atoms with Crippen LogP contribution in [0.4, 0.5) is 10.1 Å². The SMILES string of the molecule is Cc1[nH]c2ccccc2c1C(c1cccs1)N1CCN(c2ccccc2F)CC1. The number of hydrogen-bond donors (Lipinski definition) is 1. The van der Waals surface area contributed by atoms with Crippen LogP contribution in [-0.4, -0.2) is 36.1 Å². The molecule has 1 unspecified atom stereocenters. The van der Waals surface area contributed by atoms with Crippen molar-refractivity contribution in [3.8, 4) is 0 Å². The molecular formula is C24H24FN3S. The number of anilines is 1. The fraction of sp³-hybridized carbons (Fsp3) is 0.250. The number of nitrogens with one attached hydrogen (secondary N) is 1. The zero-order valence-corrected chi connectivity index (χ0v) is 17.3. The lowest BCUT2D eigenvalue weighted by atomic mass is 9.99. The molecule has 29 heavy (non-hydrogen) atoms. The Balaban J connectivity index is 1.48. The lowest BCUT2D eigenvalue weighted by Gasteiger charge is -2.40. The zero-order chi connectivity index (χ0) is 19.8. The number of aromatic amines is 1. The summed E-state index contributed by atoms with van der Waals surface area (Å²) in [5.74, 6) is -0.136. The second kappa shape index (κ2) is 7.65. The van der Waals surface area contributed by atoms with Crippen molar-refractivity contribution >= 4 is 27.9 Å². The van der Waals surface area contributed by atoms with Gasteiger partial charge >= 0.3 is 0 Å². The molecule has 3 heterocycles. The van der Waals surface area contributed by atoms with Crippen LogP contribution in [0.15, 0.2) is 66.0 Å². The van der Waals surface area contributed by atoms with Gasteiger partial charge in [0.25, 0.3) is 0 Å². The summed E-state index contributed by atoms with van der Waals surface area (Å²) in [6, 6.07) is 20.2. The average molecular weight is 406 g/mol. The third kappa shape index (κ3) is 3.34. The Bertz CT molecular complexity index is 1110. The molecular weight excluding hydrogens is 381 g/mol. The van der Waals surface area contributed by atoms with Gasteiger partial charge in [0.1, 0.15) is 5.82 Å². The number of thiophene rings is 1. The van der Waals surface area contributed by atoms with Gasteiger partial charge in [-0.15, -0.1) is 11.3 Å². The molecule has 2 aromatic carbocycles. The Morgan fingerprint density at radius 2 is 1.69 bits per heavy atom. The molecule has 148 valence electrons. The fourth-order valence-corrected chi connectivity index (χ4v) is 5.40. The number of aromatic nitrogens is 1. The number of nitrogens with zero attached hydrogens (tertiary/aromatic N) is 2. The molecule has 1 aliphatic rings. The van der Waals surface area contributed by atoms with Crippen molar-refractivity contribution < 1.29 is 4.39 Å². The predicted octanol–water partition coefficient (Wildman–Crippen LogP) is 5.59. The number of hydrogen-bond acceptors (Lipinski definition) is 3. The van der Waals surface area contributed by atoms with Gasteiger partial charge in [0, 0.05) is 53.2 Å². The van der Waals surface area contributed by atoms with Crippen LogP contribution < -0.4 is 4.90 Å². The second-order valence-electron chi connectivity index (χ2n) is 7.60. The van der Waals surface area contributed by atoms with E-state index in [9.17, 15) is 4.39 Å². The van der Waals surface area contributed by atoms with Crippen LogP contribution in [0.5, 0.6) is 0 Å². The van der Waals surface area contributed by atoms with Crippen molar-refractivity contribution in [2.24, 2.45) is 0 Å². The average Bonchev–Trinajstić information content (AvgIpc) is 3.38. The van der Waals surface area contributed by atoms with E-state index in [1.807, 2.05) is 23.5 Å². The molecule has 1 atom stereocenters. The maximum atomic E-state index is 14.2. The van der Waals surface area contributed by atoms with Gasteiger partial charge in [-0.25, -0.2) is 4.39 Å². The van der Waals surface area contributed by atoms with Crippen molar-refractivity contribution in [2.75, 3.05) is 31.1 Å². The molecule has 0 amide bonds. The molecule has 0 aliphatic carbocycles. The number of benzene rings is 2. The third-order valence-corrected chi connectivity index (χ3v) is 6.83. The van der Waals surface area contributed by atoms with E-state index in [-0.39, 0.29) is 11.9 Å². The van der Waals surface area contributed by atoms with Gasteiger partial charge in [-0.2, -0.15) is 0 Å². The van der Waals surface area contributed by atoms with Gasteiger partial charge < -0.3 is 9.88 Å². The summed E-state index contributed by atoms with van der Waals surface area (Å²) in [5.41, 5.74) is 4.48. The Labute approximate surface area is 174 Å². The van der Waals surface area contributed by atoms with E-state index in [0.717, 1.165) is 26.2 Å². The molecule has 0 radical (unpaired) electrons. The summed E-state index contributed by atoms with van der Waals surface area (Å²) in [7, 11) is 0. The standard InChI is InChI=1S/C24H24FN3S/c1-17-23(18-7-2-4-9-20(18)26-17)24(22-11-6-16-29-22)28-14-12-27(13-15-28)21-10-5-3-8-19(21)25/h2-11,16,24,26H,12-15H2,1H3. The van der Waals surface area contributed by atoms with Crippen LogP contribution >= 0.6 is 11.3 Å². The van der Waals surface area contributed by atoms with Crippen LogP contribution in [0, 0.1) is 12.7 Å². The fourth-order valence-electron chi connectivity index (χ4n) is 4.53. The summed E-state index contributed by atoms with van der Waals surface area (Å²) < 4.78 is 14.2. The van der Waals surface area contributed by atoms with E-state index < -0.39 is 0 Å². The van der Waals surface area contributed by atoms with Crippen LogP contribution in [0.1, 0.15) is 22.2 Å². The van der Waals surface area contributed by atoms with Crippen molar-refractivity contribution in [2.45, 2.75) is 13.0 Å². The molecule has 0 saturated carbocycles. The molecule has 1 N–H and O–H groups in total. The van der Waals surface area contributed by atoms with Gasteiger partial charge in [-0.3, -0.25) is 4.90 Å². The largest absolute Gasteiger partial charge is 0.367 e. The highest BCUT2D eigenvalue weighted by Crippen LogP contribution is 2.38. The number of H-pyrrole nitrogens is 1. The van der Waals surface area contributed by atoms with Crippen LogP contribution in [0.3, 0.4) is 0 Å². The summed E-state index contributed by atoms with van der Waals surface area (Å²) in [5, 5.41) is 3.45. The van der Waals surface area contributed by atoms with Gasteiger partial charge in [0.05, 0.1) is 11.7 Å². The highest BCUT2D eigenvalue weighted by atomic mass is 32.1. The first-order chi connectivity index (χ1) is 14.2. The topological polar surface area (TPSA) is 22.3 Å². The highest BCUT2D eigenvalue weighted by Gasteiger charge is 2.30. The third-order valence-electron chi connectivity index (χ3n) is 5.90. The molecule has 5 rings (SSSR count). The Morgan fingerprint density at radius 3 is 2.45 bits per heavy atom. The predicted molar refractivity (Wildman–Crippen MR) is 119 cm³/mol. The van der Waals surface area contributed by atoms with Crippen LogP contribution in [-0.2, 0) is 0 Å². The number of halogens is 1. The monoisotopic (exact) mass is 405 g/mol. The van der Waals surface area contributed by atoms with E-state index in [1.54, 1.807) is 12.1 Å². The molecule has 3 nitrogen and oxygen atoms in total. The van der Waals surface area contributed by atoms with E-state index in [0.29, 0.717) is 5.69 Å². The minimum absolute atomic E-state index is 0.136. The van der Waals surface area contributed by atoms with Crippen LogP contribution in [0.2, 0.25) is 0 Å². The first-order valence-electron chi connectivity index (χ1n) is 10.1. The summed E-state index contributed by atoms with van der Waals surface area (Å²) in [6.45, 7) is 5.62. The van der Waals surface area contributed by atoms with Crippen molar-refractivity contribution in [3.63, 3.8) is 0 Å². The lowest BCUT2D eigenvalue weighted by molar-refractivity contribution is 0.215. The molecule has 1 aliphatic heterocycles. The summed E-state index contributed by atoms with van der Waals surface area (Å²) >= 11 is 1.81. The minimum Gasteiger partial charge on any atom is -0.367 e. The number of para-hydroxylation sites is 2. The lowest BCUT2D eigenvalue weighted by Crippen LogP contribution is -2.48. The number of fused-ring (bicyclic) bond motifs is 1. The molecule has 0 bridgehead atoms. The number of piperazine rings is 1. The van der Waals surface area contributed by atoms with Gasteiger partial charge in [0.15, 0.2) is 0 Å². The first kappa shape index (κ1) is 18.4. The quantitative estimate of drug-likeness (QED) is 0.478. The number of rotatable bonds is 4. The minimum atomic E-state index is -0.136. The van der Waals surface area contributed by atoms with Crippen molar-refractivity contribution in [3.05, 3.63) is 88.0 Å². The van der Waals surface area contributed by atoms with Crippen LogP contribution in [0.25, 0.3) is 10.9 Å². The van der Waals surface area contributed by atoms with E-state index in [4.69, 9.17) is 0 Å².